The van der Waals surface area contributed by atoms with Crippen LogP contribution in [0.15, 0.2) is 18.5 Å². The predicted molar refractivity (Wildman–Crippen MR) is 74.6 cm³/mol. The normalized spacial score (nSPS) is 16.4. The van der Waals surface area contributed by atoms with Crippen LogP contribution >= 0.6 is 0 Å². The number of hydrogen-bond donors (Lipinski definition) is 2. The van der Waals surface area contributed by atoms with Gasteiger partial charge in [0.25, 0.3) is 5.91 Å². The van der Waals surface area contributed by atoms with Gasteiger partial charge in [-0.05, 0) is 25.5 Å². The minimum absolute atomic E-state index is 0.0668. The van der Waals surface area contributed by atoms with Crippen molar-refractivity contribution in [1.82, 2.24) is 14.8 Å². The molecule has 0 atom stereocenters. The number of aromatic hydroxyl groups is 1. The van der Waals surface area contributed by atoms with E-state index in [4.69, 9.17) is 5.11 Å². The lowest BCUT2D eigenvalue weighted by Crippen LogP contribution is -2.48. The summed E-state index contributed by atoms with van der Waals surface area (Å²) in [6.45, 7) is 4.20. The number of piperazine rings is 1. The number of carbonyl (C=O) groups excluding carboxylic acids is 1. The van der Waals surface area contributed by atoms with Gasteiger partial charge in [-0.15, -0.1) is 0 Å². The number of pyridine rings is 1. The Bertz CT molecular complexity index is 445. The molecular weight excluding hydrogens is 258 g/mol. The molecule has 0 bridgehead atoms. The number of hydrogen-bond acceptors (Lipinski definition) is 5. The molecule has 1 aromatic heterocycles. The summed E-state index contributed by atoms with van der Waals surface area (Å²) in [6.07, 6.45) is 4.61. The topological polar surface area (TPSA) is 76.9 Å². The van der Waals surface area contributed by atoms with Crippen LogP contribution in [0.5, 0.6) is 5.75 Å². The molecular formula is C14H21N3O3. The third-order valence-electron chi connectivity index (χ3n) is 3.57. The molecule has 0 unspecified atom stereocenters. The molecule has 6 nitrogen and oxygen atoms in total. The summed E-state index contributed by atoms with van der Waals surface area (Å²) in [4.78, 5) is 20.1. The first-order chi connectivity index (χ1) is 9.72. The Morgan fingerprint density at radius 1 is 1.25 bits per heavy atom. The molecule has 1 aliphatic heterocycles. The molecule has 0 spiro atoms. The van der Waals surface area contributed by atoms with Crippen LogP contribution in [0.3, 0.4) is 0 Å². The maximum Gasteiger partial charge on any atom is 0.257 e. The molecule has 0 saturated carbocycles. The molecule has 20 heavy (non-hydrogen) atoms. The molecule has 2 N–H and O–H groups in total. The minimum atomic E-state index is -0.139. The fraction of sp³-hybridized carbons (Fsp3) is 0.571. The van der Waals surface area contributed by atoms with E-state index in [0.717, 1.165) is 32.5 Å². The molecule has 1 amide bonds. The summed E-state index contributed by atoms with van der Waals surface area (Å²) < 4.78 is 0. The van der Waals surface area contributed by atoms with Gasteiger partial charge in [0.05, 0.1) is 11.8 Å². The second kappa shape index (κ2) is 7.21. The monoisotopic (exact) mass is 279 g/mol. The zero-order valence-electron chi connectivity index (χ0n) is 11.5. The summed E-state index contributed by atoms with van der Waals surface area (Å²) in [5, 5.41) is 18.4. The van der Waals surface area contributed by atoms with E-state index in [1.807, 2.05) is 0 Å². The van der Waals surface area contributed by atoms with Crippen LogP contribution in [0.25, 0.3) is 0 Å². The Hall–Kier alpha value is -1.66. The van der Waals surface area contributed by atoms with Crippen LogP contribution in [0, 0.1) is 0 Å². The Morgan fingerprint density at radius 3 is 2.65 bits per heavy atom. The van der Waals surface area contributed by atoms with Gasteiger partial charge in [0, 0.05) is 39.0 Å². The van der Waals surface area contributed by atoms with Gasteiger partial charge in [-0.1, -0.05) is 0 Å². The Balaban J connectivity index is 1.85. The standard InChI is InChI=1S/C14H21N3O3/c18-10-2-1-5-16-6-8-17(9-7-16)14(20)12-3-4-15-11-13(12)19/h3-4,11,18-19H,1-2,5-10H2. The second-order valence-corrected chi connectivity index (χ2v) is 4.96. The Labute approximate surface area is 118 Å². The number of amides is 1. The van der Waals surface area contributed by atoms with E-state index in [1.54, 1.807) is 11.0 Å². The van der Waals surface area contributed by atoms with Crippen LogP contribution in [-0.4, -0.2) is 70.2 Å². The van der Waals surface area contributed by atoms with Crippen molar-refractivity contribution >= 4 is 5.91 Å². The third kappa shape index (κ3) is 3.68. The first kappa shape index (κ1) is 14.7. The van der Waals surface area contributed by atoms with Gasteiger partial charge in [-0.25, -0.2) is 0 Å². The molecule has 1 saturated heterocycles. The lowest BCUT2D eigenvalue weighted by Gasteiger charge is -2.34. The molecule has 2 rings (SSSR count). The van der Waals surface area contributed by atoms with Crippen LogP contribution in [0.2, 0.25) is 0 Å². The fourth-order valence-corrected chi connectivity index (χ4v) is 2.36. The minimum Gasteiger partial charge on any atom is -0.505 e. The first-order valence-corrected chi connectivity index (χ1v) is 6.98. The molecule has 1 aliphatic rings. The molecule has 0 radical (unpaired) electrons. The van der Waals surface area contributed by atoms with E-state index >= 15 is 0 Å². The quantitative estimate of drug-likeness (QED) is 0.759. The molecule has 0 aliphatic carbocycles. The van der Waals surface area contributed by atoms with Crippen molar-refractivity contribution in [3.05, 3.63) is 24.0 Å². The molecule has 1 fully saturated rings. The van der Waals surface area contributed by atoms with E-state index < -0.39 is 0 Å². The van der Waals surface area contributed by atoms with E-state index in [9.17, 15) is 9.90 Å². The number of aliphatic hydroxyl groups is 1. The summed E-state index contributed by atoms with van der Waals surface area (Å²) in [5.41, 5.74) is 0.314. The van der Waals surface area contributed by atoms with Gasteiger partial charge < -0.3 is 15.1 Å². The van der Waals surface area contributed by atoms with E-state index in [-0.39, 0.29) is 18.3 Å². The number of unbranched alkanes of at least 4 members (excludes halogenated alkanes) is 1. The van der Waals surface area contributed by atoms with Gasteiger partial charge >= 0.3 is 0 Å². The van der Waals surface area contributed by atoms with E-state index in [1.165, 1.54) is 12.4 Å². The zero-order chi connectivity index (χ0) is 14.4. The highest BCUT2D eigenvalue weighted by molar-refractivity contribution is 5.96. The first-order valence-electron chi connectivity index (χ1n) is 6.98. The van der Waals surface area contributed by atoms with Gasteiger partial charge in [0.15, 0.2) is 0 Å². The second-order valence-electron chi connectivity index (χ2n) is 4.96. The van der Waals surface area contributed by atoms with E-state index in [0.29, 0.717) is 18.7 Å². The van der Waals surface area contributed by atoms with Gasteiger partial charge in [-0.3, -0.25) is 14.7 Å². The van der Waals surface area contributed by atoms with Crippen molar-refractivity contribution in [1.29, 1.82) is 0 Å². The summed E-state index contributed by atoms with van der Waals surface area (Å²) in [6, 6.07) is 1.55. The lowest BCUT2D eigenvalue weighted by atomic mass is 10.2. The van der Waals surface area contributed by atoms with Crippen molar-refractivity contribution in [2.24, 2.45) is 0 Å². The van der Waals surface area contributed by atoms with Crippen molar-refractivity contribution < 1.29 is 15.0 Å². The largest absolute Gasteiger partial charge is 0.505 e. The molecule has 0 aromatic carbocycles. The highest BCUT2D eigenvalue weighted by atomic mass is 16.3. The van der Waals surface area contributed by atoms with Crippen molar-refractivity contribution in [2.75, 3.05) is 39.3 Å². The average Bonchev–Trinajstić information content (AvgIpc) is 2.48. The Kier molecular flexibility index (Phi) is 5.31. The highest BCUT2D eigenvalue weighted by Crippen LogP contribution is 2.17. The number of aromatic nitrogens is 1. The van der Waals surface area contributed by atoms with Crippen LogP contribution in [0.1, 0.15) is 23.2 Å². The Morgan fingerprint density at radius 2 is 2.00 bits per heavy atom. The van der Waals surface area contributed by atoms with Crippen molar-refractivity contribution in [3.8, 4) is 5.75 Å². The molecule has 1 aromatic rings. The van der Waals surface area contributed by atoms with Crippen LogP contribution < -0.4 is 0 Å². The van der Waals surface area contributed by atoms with Gasteiger partial charge in [-0.2, -0.15) is 0 Å². The number of nitrogens with zero attached hydrogens (tertiary/aromatic N) is 3. The third-order valence-corrected chi connectivity index (χ3v) is 3.57. The lowest BCUT2D eigenvalue weighted by molar-refractivity contribution is 0.0631. The maximum absolute atomic E-state index is 12.3. The molecule has 6 heteroatoms. The zero-order valence-corrected chi connectivity index (χ0v) is 11.5. The highest BCUT2D eigenvalue weighted by Gasteiger charge is 2.23. The SMILES string of the molecule is O=C(c1ccncc1O)N1CCN(CCCCO)CC1. The summed E-state index contributed by atoms with van der Waals surface area (Å²) in [7, 11) is 0. The summed E-state index contributed by atoms with van der Waals surface area (Å²) in [5.74, 6) is -0.206. The number of aliphatic hydroxyl groups excluding tert-OH is 1. The summed E-state index contributed by atoms with van der Waals surface area (Å²) >= 11 is 0. The van der Waals surface area contributed by atoms with Gasteiger partial charge in [0.1, 0.15) is 5.75 Å². The number of rotatable bonds is 5. The van der Waals surface area contributed by atoms with Gasteiger partial charge in [0.2, 0.25) is 0 Å². The van der Waals surface area contributed by atoms with Crippen LogP contribution in [0.4, 0.5) is 0 Å². The molecule has 2 heterocycles. The van der Waals surface area contributed by atoms with Crippen molar-refractivity contribution in [3.63, 3.8) is 0 Å². The molecule has 110 valence electrons. The number of carbonyl (C=O) groups is 1. The predicted octanol–water partition coefficient (Wildman–Crippen LogP) is 0.317. The smallest absolute Gasteiger partial charge is 0.257 e. The van der Waals surface area contributed by atoms with E-state index in [2.05, 4.69) is 9.88 Å². The average molecular weight is 279 g/mol. The fourth-order valence-electron chi connectivity index (χ4n) is 2.36. The van der Waals surface area contributed by atoms with Crippen LogP contribution in [-0.2, 0) is 0 Å². The van der Waals surface area contributed by atoms with Crippen molar-refractivity contribution in [2.45, 2.75) is 12.8 Å². The maximum atomic E-state index is 12.3.